The first kappa shape index (κ1) is 14.1. The summed E-state index contributed by atoms with van der Waals surface area (Å²) < 4.78 is 0. The Morgan fingerprint density at radius 2 is 2.29 bits per heavy atom. The first-order valence-corrected chi connectivity index (χ1v) is 7.64. The van der Waals surface area contributed by atoms with E-state index in [0.717, 1.165) is 43.6 Å². The normalized spacial score (nSPS) is 21.8. The molecule has 1 aliphatic carbocycles. The van der Waals surface area contributed by atoms with Gasteiger partial charge in [0.25, 0.3) is 0 Å². The summed E-state index contributed by atoms with van der Waals surface area (Å²) in [6.45, 7) is 3.15. The largest absolute Gasteiger partial charge is 0.396 e. The van der Waals surface area contributed by atoms with Gasteiger partial charge in [-0.1, -0.05) is 13.3 Å². The van der Waals surface area contributed by atoms with Gasteiger partial charge in [0.1, 0.15) is 5.52 Å². The molecule has 0 aromatic carbocycles. The standard InChI is InChI=1S/C14H22N6O/c1-2-6-15-14-19-12-11(16-8-17-12)13(20-14)18-10-5-3-4-9(10)7-21/h8-10,21H,2-7H2,1H3,(H3,15,16,17,18,19,20). The molecule has 1 saturated carbocycles. The SMILES string of the molecule is CCCNc1nc(NC2CCCC2CO)c2[nH]cnc2n1. The van der Waals surface area contributed by atoms with Crippen LogP contribution < -0.4 is 10.6 Å². The number of nitrogens with zero attached hydrogens (tertiary/aromatic N) is 3. The number of hydrogen-bond donors (Lipinski definition) is 4. The van der Waals surface area contributed by atoms with E-state index in [4.69, 9.17) is 0 Å². The van der Waals surface area contributed by atoms with E-state index in [9.17, 15) is 5.11 Å². The molecule has 0 bridgehead atoms. The number of H-pyrrole nitrogens is 1. The van der Waals surface area contributed by atoms with Crippen LogP contribution in [0.25, 0.3) is 11.2 Å². The van der Waals surface area contributed by atoms with E-state index in [1.807, 2.05) is 0 Å². The van der Waals surface area contributed by atoms with Gasteiger partial charge in [-0.3, -0.25) is 0 Å². The monoisotopic (exact) mass is 290 g/mol. The minimum Gasteiger partial charge on any atom is -0.396 e. The Morgan fingerprint density at radius 1 is 1.38 bits per heavy atom. The molecule has 2 heterocycles. The third kappa shape index (κ3) is 2.92. The van der Waals surface area contributed by atoms with Crippen LogP contribution in [0.15, 0.2) is 6.33 Å². The summed E-state index contributed by atoms with van der Waals surface area (Å²) in [5.74, 6) is 1.66. The topological polar surface area (TPSA) is 98.8 Å². The van der Waals surface area contributed by atoms with Gasteiger partial charge >= 0.3 is 0 Å². The molecular weight excluding hydrogens is 268 g/mol. The fraction of sp³-hybridized carbons (Fsp3) is 0.643. The first-order valence-electron chi connectivity index (χ1n) is 7.64. The Hall–Kier alpha value is -1.89. The maximum Gasteiger partial charge on any atom is 0.226 e. The van der Waals surface area contributed by atoms with Gasteiger partial charge in [0.05, 0.1) is 6.33 Å². The highest BCUT2D eigenvalue weighted by molar-refractivity contribution is 5.83. The zero-order chi connectivity index (χ0) is 14.7. The quantitative estimate of drug-likeness (QED) is 0.647. The van der Waals surface area contributed by atoms with Crippen molar-refractivity contribution < 1.29 is 5.11 Å². The number of hydrogen-bond acceptors (Lipinski definition) is 6. The van der Waals surface area contributed by atoms with Gasteiger partial charge in [0.2, 0.25) is 5.95 Å². The van der Waals surface area contributed by atoms with E-state index < -0.39 is 0 Å². The minimum absolute atomic E-state index is 0.218. The van der Waals surface area contributed by atoms with Crippen molar-refractivity contribution in [2.75, 3.05) is 23.8 Å². The number of rotatable bonds is 6. The second-order valence-electron chi connectivity index (χ2n) is 5.55. The Balaban J connectivity index is 1.87. The molecule has 114 valence electrons. The first-order chi connectivity index (χ1) is 10.3. The highest BCUT2D eigenvalue weighted by Crippen LogP contribution is 2.29. The van der Waals surface area contributed by atoms with Crippen LogP contribution in [0, 0.1) is 5.92 Å². The van der Waals surface area contributed by atoms with E-state index in [-0.39, 0.29) is 12.6 Å². The van der Waals surface area contributed by atoms with Crippen molar-refractivity contribution in [1.29, 1.82) is 0 Å². The zero-order valence-corrected chi connectivity index (χ0v) is 12.3. The molecule has 0 amide bonds. The lowest BCUT2D eigenvalue weighted by molar-refractivity contribution is 0.222. The zero-order valence-electron chi connectivity index (χ0n) is 12.3. The van der Waals surface area contributed by atoms with E-state index in [1.54, 1.807) is 6.33 Å². The van der Waals surface area contributed by atoms with Gasteiger partial charge in [-0.2, -0.15) is 9.97 Å². The van der Waals surface area contributed by atoms with Crippen molar-refractivity contribution >= 4 is 22.9 Å². The summed E-state index contributed by atoms with van der Waals surface area (Å²) in [7, 11) is 0. The molecule has 2 aromatic rings. The van der Waals surface area contributed by atoms with Crippen molar-refractivity contribution in [2.45, 2.75) is 38.6 Å². The molecule has 0 aliphatic heterocycles. The minimum atomic E-state index is 0.218. The highest BCUT2D eigenvalue weighted by atomic mass is 16.3. The predicted molar refractivity (Wildman–Crippen MR) is 82.3 cm³/mol. The lowest BCUT2D eigenvalue weighted by atomic mass is 10.1. The summed E-state index contributed by atoms with van der Waals surface area (Å²) in [6, 6.07) is 0.260. The van der Waals surface area contributed by atoms with Crippen LogP contribution in [0.2, 0.25) is 0 Å². The highest BCUT2D eigenvalue weighted by Gasteiger charge is 2.27. The number of fused-ring (bicyclic) bond motifs is 1. The molecule has 2 atom stereocenters. The number of aromatic amines is 1. The van der Waals surface area contributed by atoms with Gasteiger partial charge < -0.3 is 20.7 Å². The lowest BCUT2D eigenvalue weighted by Gasteiger charge is -2.20. The maximum atomic E-state index is 9.45. The Kier molecular flexibility index (Phi) is 4.19. The fourth-order valence-corrected chi connectivity index (χ4v) is 2.87. The summed E-state index contributed by atoms with van der Waals surface area (Å²) in [6.07, 6.45) is 5.90. The molecule has 21 heavy (non-hydrogen) atoms. The second kappa shape index (κ2) is 6.26. The van der Waals surface area contributed by atoms with E-state index in [0.29, 0.717) is 17.5 Å². The van der Waals surface area contributed by atoms with Gasteiger partial charge in [-0.25, -0.2) is 4.98 Å². The molecule has 2 aromatic heterocycles. The predicted octanol–water partition coefficient (Wildman–Crippen LogP) is 1.75. The maximum absolute atomic E-state index is 9.45. The van der Waals surface area contributed by atoms with E-state index >= 15 is 0 Å². The Bertz CT molecular complexity index is 598. The van der Waals surface area contributed by atoms with Crippen LogP contribution in [0.5, 0.6) is 0 Å². The molecule has 0 spiro atoms. The van der Waals surface area contributed by atoms with Crippen LogP contribution in [-0.4, -0.2) is 44.2 Å². The van der Waals surface area contributed by atoms with Crippen molar-refractivity contribution in [3.63, 3.8) is 0 Å². The van der Waals surface area contributed by atoms with Crippen LogP contribution in [0.4, 0.5) is 11.8 Å². The van der Waals surface area contributed by atoms with Crippen LogP contribution >= 0.6 is 0 Å². The lowest BCUT2D eigenvalue weighted by Crippen LogP contribution is -2.27. The van der Waals surface area contributed by atoms with Crippen molar-refractivity contribution in [3.05, 3.63) is 6.33 Å². The number of aliphatic hydroxyl groups is 1. The third-order valence-electron chi connectivity index (χ3n) is 4.03. The van der Waals surface area contributed by atoms with E-state index in [1.165, 1.54) is 0 Å². The van der Waals surface area contributed by atoms with Gasteiger partial charge in [0, 0.05) is 25.1 Å². The molecule has 4 N–H and O–H groups in total. The Labute approximate surface area is 123 Å². The van der Waals surface area contributed by atoms with Gasteiger partial charge in [0.15, 0.2) is 11.5 Å². The average molecular weight is 290 g/mol. The number of aliphatic hydroxyl groups excluding tert-OH is 1. The number of anilines is 2. The van der Waals surface area contributed by atoms with Gasteiger partial charge in [-0.15, -0.1) is 0 Å². The molecule has 7 nitrogen and oxygen atoms in total. The van der Waals surface area contributed by atoms with Gasteiger partial charge in [-0.05, 0) is 19.3 Å². The van der Waals surface area contributed by atoms with Crippen LogP contribution in [-0.2, 0) is 0 Å². The summed E-state index contributed by atoms with van der Waals surface area (Å²) in [5, 5.41) is 16.1. The molecule has 1 fully saturated rings. The smallest absolute Gasteiger partial charge is 0.226 e. The number of nitrogens with one attached hydrogen (secondary N) is 3. The molecule has 7 heteroatoms. The number of imidazole rings is 1. The van der Waals surface area contributed by atoms with Crippen LogP contribution in [0.3, 0.4) is 0 Å². The van der Waals surface area contributed by atoms with Crippen molar-refractivity contribution in [2.24, 2.45) is 5.92 Å². The summed E-state index contributed by atoms with van der Waals surface area (Å²) >= 11 is 0. The summed E-state index contributed by atoms with van der Waals surface area (Å²) in [4.78, 5) is 16.3. The fourth-order valence-electron chi connectivity index (χ4n) is 2.87. The van der Waals surface area contributed by atoms with Crippen molar-refractivity contribution in [3.8, 4) is 0 Å². The van der Waals surface area contributed by atoms with Crippen LogP contribution in [0.1, 0.15) is 32.6 Å². The van der Waals surface area contributed by atoms with Crippen molar-refractivity contribution in [1.82, 2.24) is 19.9 Å². The summed E-state index contributed by atoms with van der Waals surface area (Å²) in [5.41, 5.74) is 1.48. The Morgan fingerprint density at radius 3 is 3.10 bits per heavy atom. The average Bonchev–Trinajstić information content (AvgIpc) is 3.13. The molecular formula is C14H22N6O. The molecule has 2 unspecified atom stereocenters. The van der Waals surface area contributed by atoms with E-state index in [2.05, 4.69) is 37.5 Å². The molecule has 0 radical (unpaired) electrons. The third-order valence-corrected chi connectivity index (χ3v) is 4.03. The number of aromatic nitrogens is 4. The molecule has 3 rings (SSSR count). The molecule has 0 saturated heterocycles. The second-order valence-corrected chi connectivity index (χ2v) is 5.55. The molecule has 1 aliphatic rings.